The molecule has 4 heteroatoms. The average molecular weight is 254 g/mol. The summed E-state index contributed by atoms with van der Waals surface area (Å²) in [4.78, 5) is 22.2. The number of hydrogen-bond donors (Lipinski definition) is 1. The van der Waals surface area contributed by atoms with Crippen LogP contribution in [0.5, 0.6) is 0 Å². The van der Waals surface area contributed by atoms with Crippen molar-refractivity contribution in [2.24, 2.45) is 0 Å². The maximum Gasteiger partial charge on any atom is 0.305 e. The van der Waals surface area contributed by atoms with Crippen LogP contribution < -0.4 is 0 Å². The number of unbranched alkanes of at least 4 members (excludes halogenated alkanes) is 4. The standard InChI is InChI=1S/C14H22O4/c1-18-14(17)8-6-4-2-3-5-7-11-9-12(15)10-13(11)16/h9,12,15H,2-8,10H2,1H3. The zero-order valence-electron chi connectivity index (χ0n) is 11.0. The Kier molecular flexibility index (Phi) is 6.65. The van der Waals surface area contributed by atoms with E-state index in [9.17, 15) is 14.7 Å². The van der Waals surface area contributed by atoms with Crippen molar-refractivity contribution >= 4 is 11.8 Å². The van der Waals surface area contributed by atoms with Crippen molar-refractivity contribution in [3.63, 3.8) is 0 Å². The fraction of sp³-hybridized carbons (Fsp3) is 0.714. The summed E-state index contributed by atoms with van der Waals surface area (Å²) in [7, 11) is 1.41. The van der Waals surface area contributed by atoms with Crippen molar-refractivity contribution in [3.8, 4) is 0 Å². The molecule has 0 aromatic rings. The van der Waals surface area contributed by atoms with Gasteiger partial charge in [0.25, 0.3) is 0 Å². The van der Waals surface area contributed by atoms with Crippen molar-refractivity contribution < 1.29 is 19.4 Å². The number of carbonyl (C=O) groups excluding carboxylic acids is 2. The molecule has 1 N–H and O–H groups in total. The van der Waals surface area contributed by atoms with Crippen molar-refractivity contribution in [2.45, 2.75) is 57.5 Å². The highest BCUT2D eigenvalue weighted by molar-refractivity contribution is 5.98. The van der Waals surface area contributed by atoms with E-state index in [1.165, 1.54) is 7.11 Å². The number of allylic oxidation sites excluding steroid dienone is 1. The van der Waals surface area contributed by atoms with Gasteiger partial charge in [0.15, 0.2) is 5.78 Å². The first kappa shape index (κ1) is 14.9. The number of carbonyl (C=O) groups is 2. The van der Waals surface area contributed by atoms with E-state index in [2.05, 4.69) is 4.74 Å². The molecule has 0 saturated heterocycles. The molecular formula is C14H22O4. The largest absolute Gasteiger partial charge is 0.469 e. The molecule has 0 saturated carbocycles. The Bertz CT molecular complexity index is 320. The third-order valence-corrected chi connectivity index (χ3v) is 3.20. The first-order valence-corrected chi connectivity index (χ1v) is 6.62. The van der Waals surface area contributed by atoms with E-state index in [0.717, 1.165) is 44.1 Å². The van der Waals surface area contributed by atoms with Gasteiger partial charge in [-0.15, -0.1) is 0 Å². The lowest BCUT2D eigenvalue weighted by atomic mass is 10.0. The van der Waals surface area contributed by atoms with Gasteiger partial charge in [0.05, 0.1) is 13.2 Å². The highest BCUT2D eigenvalue weighted by Crippen LogP contribution is 2.20. The Morgan fingerprint density at radius 1 is 1.33 bits per heavy atom. The molecule has 4 nitrogen and oxygen atoms in total. The fourth-order valence-corrected chi connectivity index (χ4v) is 2.15. The number of hydrogen-bond acceptors (Lipinski definition) is 4. The van der Waals surface area contributed by atoms with Crippen LogP contribution in [-0.4, -0.2) is 30.1 Å². The number of esters is 1. The lowest BCUT2D eigenvalue weighted by Crippen LogP contribution is -2.01. The Morgan fingerprint density at radius 2 is 2.00 bits per heavy atom. The van der Waals surface area contributed by atoms with Gasteiger partial charge in [0, 0.05) is 12.8 Å². The van der Waals surface area contributed by atoms with E-state index in [1.54, 1.807) is 6.08 Å². The second kappa shape index (κ2) is 8.03. The number of ether oxygens (including phenoxy) is 1. The first-order valence-electron chi connectivity index (χ1n) is 6.62. The third kappa shape index (κ3) is 5.45. The predicted molar refractivity (Wildman–Crippen MR) is 68.0 cm³/mol. The van der Waals surface area contributed by atoms with Gasteiger partial charge in [-0.25, -0.2) is 0 Å². The lowest BCUT2D eigenvalue weighted by Gasteiger charge is -2.02. The monoisotopic (exact) mass is 254 g/mol. The smallest absolute Gasteiger partial charge is 0.305 e. The van der Waals surface area contributed by atoms with Gasteiger partial charge in [0.2, 0.25) is 0 Å². The highest BCUT2D eigenvalue weighted by Gasteiger charge is 2.21. The van der Waals surface area contributed by atoms with Gasteiger partial charge < -0.3 is 9.84 Å². The Hall–Kier alpha value is -1.16. The van der Waals surface area contributed by atoms with Crippen LogP contribution in [-0.2, 0) is 14.3 Å². The molecule has 1 aliphatic carbocycles. The normalized spacial score (nSPS) is 18.9. The highest BCUT2D eigenvalue weighted by atomic mass is 16.5. The maximum atomic E-state index is 11.4. The van der Waals surface area contributed by atoms with Crippen molar-refractivity contribution in [2.75, 3.05) is 7.11 Å². The Labute approximate surface area is 108 Å². The fourth-order valence-electron chi connectivity index (χ4n) is 2.15. The molecular weight excluding hydrogens is 232 g/mol. The maximum absolute atomic E-state index is 11.4. The summed E-state index contributed by atoms with van der Waals surface area (Å²) in [5.41, 5.74) is 0.789. The zero-order valence-corrected chi connectivity index (χ0v) is 11.0. The zero-order chi connectivity index (χ0) is 13.4. The van der Waals surface area contributed by atoms with E-state index in [4.69, 9.17) is 0 Å². The number of Topliss-reactive ketones (excluding diaryl/α,β-unsaturated/α-hetero) is 1. The molecule has 0 aromatic carbocycles. The molecule has 0 aliphatic heterocycles. The van der Waals surface area contributed by atoms with Crippen molar-refractivity contribution in [1.29, 1.82) is 0 Å². The van der Waals surface area contributed by atoms with Crippen LogP contribution in [0.25, 0.3) is 0 Å². The Balaban J connectivity index is 1.98. The molecule has 1 aliphatic rings. The van der Waals surface area contributed by atoms with Crippen LogP contribution in [0.1, 0.15) is 51.4 Å². The molecule has 0 aromatic heterocycles. The summed E-state index contributed by atoms with van der Waals surface area (Å²) >= 11 is 0. The quantitative estimate of drug-likeness (QED) is 0.532. The number of ketones is 1. The Morgan fingerprint density at radius 3 is 2.61 bits per heavy atom. The summed E-state index contributed by atoms with van der Waals surface area (Å²) in [6, 6.07) is 0. The molecule has 1 rings (SSSR count). The van der Waals surface area contributed by atoms with E-state index < -0.39 is 6.10 Å². The SMILES string of the molecule is COC(=O)CCCCCCCC1=CC(O)CC1=O. The molecule has 0 amide bonds. The summed E-state index contributed by atoms with van der Waals surface area (Å²) in [6.07, 6.45) is 7.63. The molecule has 0 radical (unpaired) electrons. The van der Waals surface area contributed by atoms with Crippen LogP contribution in [0, 0.1) is 0 Å². The van der Waals surface area contributed by atoms with Crippen molar-refractivity contribution in [1.82, 2.24) is 0 Å². The van der Waals surface area contributed by atoms with E-state index in [0.29, 0.717) is 6.42 Å². The summed E-state index contributed by atoms with van der Waals surface area (Å²) in [5.74, 6) is -0.0566. The minimum Gasteiger partial charge on any atom is -0.469 e. The van der Waals surface area contributed by atoms with Crippen LogP contribution in [0.15, 0.2) is 11.6 Å². The van der Waals surface area contributed by atoms with Crippen LogP contribution in [0.4, 0.5) is 0 Å². The molecule has 0 heterocycles. The third-order valence-electron chi connectivity index (χ3n) is 3.20. The predicted octanol–water partition coefficient (Wildman–Crippen LogP) is 2.15. The molecule has 18 heavy (non-hydrogen) atoms. The number of aliphatic hydroxyl groups is 1. The molecule has 0 spiro atoms. The first-order chi connectivity index (χ1) is 8.63. The minimum atomic E-state index is -0.562. The molecule has 0 bridgehead atoms. The summed E-state index contributed by atoms with van der Waals surface area (Å²) < 4.78 is 4.56. The van der Waals surface area contributed by atoms with E-state index >= 15 is 0 Å². The number of rotatable bonds is 8. The minimum absolute atomic E-state index is 0.0909. The van der Waals surface area contributed by atoms with Gasteiger partial charge >= 0.3 is 5.97 Å². The average Bonchev–Trinajstić information content (AvgIpc) is 2.66. The van der Waals surface area contributed by atoms with E-state index in [-0.39, 0.29) is 18.2 Å². The van der Waals surface area contributed by atoms with Gasteiger partial charge in [0.1, 0.15) is 0 Å². The summed E-state index contributed by atoms with van der Waals surface area (Å²) in [6.45, 7) is 0. The lowest BCUT2D eigenvalue weighted by molar-refractivity contribution is -0.140. The van der Waals surface area contributed by atoms with Crippen LogP contribution in [0.3, 0.4) is 0 Å². The molecule has 1 atom stereocenters. The molecule has 1 unspecified atom stereocenters. The van der Waals surface area contributed by atoms with Gasteiger partial charge in [-0.2, -0.15) is 0 Å². The number of aliphatic hydroxyl groups excluding tert-OH is 1. The van der Waals surface area contributed by atoms with E-state index in [1.807, 2.05) is 0 Å². The molecule has 0 fully saturated rings. The van der Waals surface area contributed by atoms with Crippen molar-refractivity contribution in [3.05, 3.63) is 11.6 Å². The second-order valence-corrected chi connectivity index (χ2v) is 4.73. The molecule has 102 valence electrons. The summed E-state index contributed by atoms with van der Waals surface area (Å²) in [5, 5.41) is 9.28. The van der Waals surface area contributed by atoms with Gasteiger partial charge in [-0.3, -0.25) is 9.59 Å². The van der Waals surface area contributed by atoms with Crippen LogP contribution in [0.2, 0.25) is 0 Å². The second-order valence-electron chi connectivity index (χ2n) is 4.73. The van der Waals surface area contributed by atoms with Crippen LogP contribution >= 0.6 is 0 Å². The van der Waals surface area contributed by atoms with Gasteiger partial charge in [-0.1, -0.05) is 19.3 Å². The number of methoxy groups -OCH3 is 1. The van der Waals surface area contributed by atoms with Gasteiger partial charge in [-0.05, 0) is 30.9 Å². The topological polar surface area (TPSA) is 63.6 Å².